The number of guanidine groups is 1. The summed E-state index contributed by atoms with van der Waals surface area (Å²) in [5.74, 6) is 3.36. The number of nitrogens with zero attached hydrogens (tertiary/aromatic N) is 3. The fourth-order valence-electron chi connectivity index (χ4n) is 3.32. The maximum Gasteiger partial charge on any atom is 0.191 e. The van der Waals surface area contributed by atoms with Gasteiger partial charge in [-0.25, -0.2) is 4.98 Å². The van der Waals surface area contributed by atoms with E-state index >= 15 is 0 Å². The molecule has 0 spiro atoms. The van der Waals surface area contributed by atoms with Gasteiger partial charge in [0.1, 0.15) is 17.3 Å². The van der Waals surface area contributed by atoms with Crippen molar-refractivity contribution in [2.24, 2.45) is 4.99 Å². The molecule has 0 radical (unpaired) electrons. The van der Waals surface area contributed by atoms with Crippen molar-refractivity contribution in [2.75, 3.05) is 27.8 Å². The van der Waals surface area contributed by atoms with Crippen molar-refractivity contribution in [3.8, 4) is 11.5 Å². The number of fused-ring (bicyclic) bond motifs is 1. The summed E-state index contributed by atoms with van der Waals surface area (Å²) in [6, 6.07) is 14.0. The molecule has 7 nitrogen and oxygen atoms in total. The van der Waals surface area contributed by atoms with Crippen LogP contribution in [0.2, 0.25) is 0 Å². The molecule has 29 heavy (non-hydrogen) atoms. The van der Waals surface area contributed by atoms with Crippen molar-refractivity contribution >= 4 is 17.0 Å². The van der Waals surface area contributed by atoms with E-state index in [1.165, 1.54) is 5.52 Å². The Kier molecular flexibility index (Phi) is 6.94. The summed E-state index contributed by atoms with van der Waals surface area (Å²) in [5, 5.41) is 6.70. The highest BCUT2D eigenvalue weighted by molar-refractivity contribution is 5.79. The highest BCUT2D eigenvalue weighted by atomic mass is 16.5. The van der Waals surface area contributed by atoms with Gasteiger partial charge < -0.3 is 24.7 Å². The molecule has 154 valence electrons. The third kappa shape index (κ3) is 4.99. The van der Waals surface area contributed by atoms with Crippen LogP contribution in [0.3, 0.4) is 0 Å². The molecule has 0 aliphatic carbocycles. The van der Waals surface area contributed by atoms with Crippen LogP contribution in [0.5, 0.6) is 11.5 Å². The number of hydrogen-bond acceptors (Lipinski definition) is 4. The van der Waals surface area contributed by atoms with Gasteiger partial charge in [-0.05, 0) is 37.6 Å². The Morgan fingerprint density at radius 3 is 2.69 bits per heavy atom. The molecule has 0 aliphatic heterocycles. The van der Waals surface area contributed by atoms with Gasteiger partial charge in [-0.3, -0.25) is 4.99 Å². The van der Waals surface area contributed by atoms with E-state index < -0.39 is 0 Å². The molecule has 7 heteroatoms. The largest absolute Gasteiger partial charge is 0.497 e. The van der Waals surface area contributed by atoms with Gasteiger partial charge in [-0.2, -0.15) is 0 Å². The first-order chi connectivity index (χ1) is 14.2. The van der Waals surface area contributed by atoms with Crippen molar-refractivity contribution in [2.45, 2.75) is 26.4 Å². The zero-order valence-electron chi connectivity index (χ0n) is 17.5. The van der Waals surface area contributed by atoms with Crippen LogP contribution in [0.1, 0.15) is 17.8 Å². The number of methoxy groups -OCH3 is 2. The van der Waals surface area contributed by atoms with Crippen LogP contribution in [-0.2, 0) is 13.1 Å². The normalized spacial score (nSPS) is 11.5. The number of benzene rings is 2. The Morgan fingerprint density at radius 1 is 1.10 bits per heavy atom. The predicted molar refractivity (Wildman–Crippen MR) is 117 cm³/mol. The number of aryl methyl sites for hydroxylation is 2. The topological polar surface area (TPSA) is 72.7 Å². The summed E-state index contributed by atoms with van der Waals surface area (Å²) in [7, 11) is 5.08. The number of imidazole rings is 1. The van der Waals surface area contributed by atoms with Gasteiger partial charge in [-0.15, -0.1) is 0 Å². The first kappa shape index (κ1) is 20.5. The van der Waals surface area contributed by atoms with Crippen molar-refractivity contribution in [3.63, 3.8) is 0 Å². The minimum Gasteiger partial charge on any atom is -0.497 e. The second kappa shape index (κ2) is 9.82. The van der Waals surface area contributed by atoms with Gasteiger partial charge in [0.15, 0.2) is 5.96 Å². The molecular formula is C22H29N5O2. The van der Waals surface area contributed by atoms with Crippen LogP contribution in [0.25, 0.3) is 11.0 Å². The van der Waals surface area contributed by atoms with Gasteiger partial charge in [0.05, 0.1) is 25.3 Å². The standard InChI is InChI=1S/C22H29N5O2/c1-16-26-19-8-5-6-9-20(19)27(16)13-7-12-24-22(23-2)25-15-17-10-11-18(28-3)14-21(17)29-4/h5-6,8-11,14H,7,12-13,15H2,1-4H3,(H2,23,24,25). The van der Waals surface area contributed by atoms with E-state index in [0.29, 0.717) is 6.54 Å². The molecule has 0 aliphatic rings. The van der Waals surface area contributed by atoms with E-state index in [9.17, 15) is 0 Å². The summed E-state index contributed by atoms with van der Waals surface area (Å²) >= 11 is 0. The number of rotatable bonds is 8. The van der Waals surface area contributed by atoms with E-state index in [-0.39, 0.29) is 0 Å². The van der Waals surface area contributed by atoms with Gasteiger partial charge in [0, 0.05) is 38.3 Å². The number of hydrogen-bond donors (Lipinski definition) is 2. The molecule has 0 amide bonds. The summed E-state index contributed by atoms with van der Waals surface area (Å²) in [4.78, 5) is 8.92. The number of ether oxygens (including phenoxy) is 2. The summed E-state index contributed by atoms with van der Waals surface area (Å²) < 4.78 is 13.0. The van der Waals surface area contributed by atoms with Gasteiger partial charge in [-0.1, -0.05) is 12.1 Å². The quantitative estimate of drug-likeness (QED) is 0.348. The molecule has 2 aromatic carbocycles. The van der Waals surface area contributed by atoms with E-state index in [1.54, 1.807) is 21.3 Å². The van der Waals surface area contributed by atoms with Crippen LogP contribution in [0.15, 0.2) is 47.5 Å². The lowest BCUT2D eigenvalue weighted by Crippen LogP contribution is -2.37. The second-order valence-electron chi connectivity index (χ2n) is 6.68. The maximum atomic E-state index is 5.45. The molecule has 1 aromatic heterocycles. The smallest absolute Gasteiger partial charge is 0.191 e. The number of aliphatic imine (C=N–C) groups is 1. The number of aromatic nitrogens is 2. The van der Waals surface area contributed by atoms with Crippen LogP contribution < -0.4 is 20.1 Å². The van der Waals surface area contributed by atoms with E-state index in [4.69, 9.17) is 9.47 Å². The van der Waals surface area contributed by atoms with E-state index in [0.717, 1.165) is 53.9 Å². The van der Waals surface area contributed by atoms with Crippen LogP contribution >= 0.6 is 0 Å². The molecule has 0 saturated heterocycles. The number of nitrogens with one attached hydrogen (secondary N) is 2. The Morgan fingerprint density at radius 2 is 1.93 bits per heavy atom. The third-order valence-electron chi connectivity index (χ3n) is 4.86. The first-order valence-corrected chi connectivity index (χ1v) is 9.73. The molecule has 3 rings (SSSR count). The highest BCUT2D eigenvalue weighted by Gasteiger charge is 2.08. The molecular weight excluding hydrogens is 366 g/mol. The minimum absolute atomic E-state index is 0.609. The van der Waals surface area contributed by atoms with Gasteiger partial charge >= 0.3 is 0 Å². The van der Waals surface area contributed by atoms with E-state index in [1.807, 2.05) is 24.3 Å². The molecule has 0 fully saturated rings. The Bertz CT molecular complexity index is 980. The second-order valence-corrected chi connectivity index (χ2v) is 6.68. The fourth-order valence-corrected chi connectivity index (χ4v) is 3.32. The Labute approximate surface area is 171 Å². The fraction of sp³-hybridized carbons (Fsp3) is 0.364. The van der Waals surface area contributed by atoms with Crippen molar-refractivity contribution in [3.05, 3.63) is 53.9 Å². The summed E-state index contributed by atoms with van der Waals surface area (Å²) in [5.41, 5.74) is 3.26. The van der Waals surface area contributed by atoms with Gasteiger partial charge in [0.25, 0.3) is 0 Å². The molecule has 0 saturated carbocycles. The SMILES string of the molecule is CN=C(NCCCn1c(C)nc2ccccc21)NCc1ccc(OC)cc1OC. The monoisotopic (exact) mass is 395 g/mol. The van der Waals surface area contributed by atoms with Crippen LogP contribution in [-0.4, -0.2) is 43.3 Å². The third-order valence-corrected chi connectivity index (χ3v) is 4.86. The molecule has 0 atom stereocenters. The number of para-hydroxylation sites is 2. The van der Waals surface area contributed by atoms with Crippen molar-refractivity contribution in [1.29, 1.82) is 0 Å². The maximum absolute atomic E-state index is 5.45. The zero-order valence-corrected chi connectivity index (χ0v) is 17.5. The lowest BCUT2D eigenvalue weighted by Gasteiger charge is -2.15. The summed E-state index contributed by atoms with van der Waals surface area (Å²) in [6.07, 6.45) is 0.966. The predicted octanol–water partition coefficient (Wildman–Crippen LogP) is 3.12. The molecule has 3 aromatic rings. The van der Waals surface area contributed by atoms with Crippen LogP contribution in [0.4, 0.5) is 0 Å². The van der Waals surface area contributed by atoms with Gasteiger partial charge in [0.2, 0.25) is 0 Å². The van der Waals surface area contributed by atoms with Crippen molar-refractivity contribution < 1.29 is 9.47 Å². The average Bonchev–Trinajstić information content (AvgIpc) is 3.08. The molecule has 1 heterocycles. The minimum atomic E-state index is 0.609. The average molecular weight is 396 g/mol. The highest BCUT2D eigenvalue weighted by Crippen LogP contribution is 2.24. The summed E-state index contributed by atoms with van der Waals surface area (Å²) in [6.45, 7) is 4.38. The van der Waals surface area contributed by atoms with Crippen LogP contribution in [0, 0.1) is 6.92 Å². The zero-order chi connectivity index (χ0) is 20.6. The Hall–Kier alpha value is -3.22. The first-order valence-electron chi connectivity index (χ1n) is 9.73. The lowest BCUT2D eigenvalue weighted by molar-refractivity contribution is 0.390. The molecule has 0 bridgehead atoms. The Balaban J connectivity index is 1.50. The lowest BCUT2D eigenvalue weighted by atomic mass is 10.2. The molecule has 0 unspecified atom stereocenters. The molecule has 2 N–H and O–H groups in total. The van der Waals surface area contributed by atoms with E-state index in [2.05, 4.69) is 50.3 Å². The van der Waals surface area contributed by atoms with Crippen molar-refractivity contribution in [1.82, 2.24) is 20.2 Å².